The monoisotopic (exact) mass is 282 g/mol. The molecule has 1 heterocycles. The largest absolute Gasteiger partial charge is 0.373 e. The molecule has 0 saturated heterocycles. The second-order valence-electron chi connectivity index (χ2n) is 5.97. The van der Waals surface area contributed by atoms with Gasteiger partial charge >= 0.3 is 0 Å². The van der Waals surface area contributed by atoms with E-state index in [1.807, 2.05) is 43.4 Å². The van der Waals surface area contributed by atoms with Crippen LogP contribution >= 0.6 is 0 Å². The van der Waals surface area contributed by atoms with E-state index in [9.17, 15) is 0 Å². The van der Waals surface area contributed by atoms with E-state index < -0.39 is 0 Å². The van der Waals surface area contributed by atoms with Crippen molar-refractivity contribution in [3.05, 3.63) is 36.4 Å². The second kappa shape index (κ2) is 5.72. The Morgan fingerprint density at radius 3 is 2.33 bits per heavy atom. The Balaban J connectivity index is 1.93. The van der Waals surface area contributed by atoms with E-state index in [1.165, 1.54) is 25.7 Å². The number of anilines is 2. The van der Waals surface area contributed by atoms with Crippen LogP contribution in [0.2, 0.25) is 0 Å². The lowest BCUT2D eigenvalue weighted by Crippen LogP contribution is -2.31. The van der Waals surface area contributed by atoms with Crippen molar-refractivity contribution < 1.29 is 0 Å². The highest BCUT2D eigenvalue weighted by atomic mass is 15.1. The lowest BCUT2D eigenvalue weighted by molar-refractivity contribution is 0.531. The zero-order valence-electron chi connectivity index (χ0n) is 12.7. The number of hydrogen-bond acceptors (Lipinski definition) is 4. The van der Waals surface area contributed by atoms with Crippen molar-refractivity contribution in [2.75, 3.05) is 17.7 Å². The summed E-state index contributed by atoms with van der Waals surface area (Å²) < 4.78 is 0. The molecule has 1 aliphatic carbocycles. The molecule has 0 bridgehead atoms. The van der Waals surface area contributed by atoms with Gasteiger partial charge in [0.2, 0.25) is 0 Å². The SMILES string of the molecule is CNc1cc(NC2(C)CCCC2)nc(-c2ccccc2)n1. The molecule has 0 aliphatic heterocycles. The molecule has 0 spiro atoms. The van der Waals surface area contributed by atoms with Gasteiger partial charge in [-0.15, -0.1) is 0 Å². The highest BCUT2D eigenvalue weighted by Crippen LogP contribution is 2.33. The van der Waals surface area contributed by atoms with E-state index in [0.29, 0.717) is 0 Å². The van der Waals surface area contributed by atoms with Crippen LogP contribution in [0, 0.1) is 0 Å². The highest BCUT2D eigenvalue weighted by molar-refractivity contribution is 5.61. The van der Waals surface area contributed by atoms with Crippen molar-refractivity contribution in [2.24, 2.45) is 0 Å². The van der Waals surface area contributed by atoms with Gasteiger partial charge in [-0.3, -0.25) is 0 Å². The van der Waals surface area contributed by atoms with Crippen molar-refractivity contribution in [3.8, 4) is 11.4 Å². The van der Waals surface area contributed by atoms with E-state index >= 15 is 0 Å². The van der Waals surface area contributed by atoms with Gasteiger partial charge in [0.15, 0.2) is 5.82 Å². The molecule has 1 fully saturated rings. The number of benzene rings is 1. The van der Waals surface area contributed by atoms with Gasteiger partial charge in [-0.2, -0.15) is 0 Å². The molecule has 1 aliphatic rings. The van der Waals surface area contributed by atoms with Crippen LogP contribution in [0.5, 0.6) is 0 Å². The fourth-order valence-corrected chi connectivity index (χ4v) is 2.95. The molecule has 2 aromatic rings. The van der Waals surface area contributed by atoms with Crippen LogP contribution in [-0.2, 0) is 0 Å². The molecular weight excluding hydrogens is 260 g/mol. The van der Waals surface area contributed by atoms with Crippen LogP contribution in [0.1, 0.15) is 32.6 Å². The summed E-state index contributed by atoms with van der Waals surface area (Å²) in [4.78, 5) is 9.26. The lowest BCUT2D eigenvalue weighted by Gasteiger charge is -2.26. The molecule has 0 unspecified atom stereocenters. The summed E-state index contributed by atoms with van der Waals surface area (Å²) in [6.07, 6.45) is 4.98. The van der Waals surface area contributed by atoms with E-state index in [-0.39, 0.29) is 5.54 Å². The van der Waals surface area contributed by atoms with Crippen LogP contribution < -0.4 is 10.6 Å². The van der Waals surface area contributed by atoms with Crippen molar-refractivity contribution in [1.29, 1.82) is 0 Å². The minimum Gasteiger partial charge on any atom is -0.373 e. The highest BCUT2D eigenvalue weighted by Gasteiger charge is 2.28. The lowest BCUT2D eigenvalue weighted by atomic mass is 10.0. The van der Waals surface area contributed by atoms with Gasteiger partial charge in [0, 0.05) is 24.2 Å². The van der Waals surface area contributed by atoms with Crippen LogP contribution in [-0.4, -0.2) is 22.6 Å². The standard InChI is InChI=1S/C17H22N4/c1-17(10-6-7-11-17)21-15-12-14(18-2)19-16(20-15)13-8-4-3-5-9-13/h3-5,8-9,12H,6-7,10-11H2,1-2H3,(H2,18,19,20,21). The van der Waals surface area contributed by atoms with Crippen molar-refractivity contribution >= 4 is 11.6 Å². The summed E-state index contributed by atoms with van der Waals surface area (Å²) >= 11 is 0. The second-order valence-corrected chi connectivity index (χ2v) is 5.97. The summed E-state index contributed by atoms with van der Waals surface area (Å²) in [5, 5.41) is 6.73. The fourth-order valence-electron chi connectivity index (χ4n) is 2.95. The summed E-state index contributed by atoms with van der Waals surface area (Å²) in [6, 6.07) is 12.1. The van der Waals surface area contributed by atoms with Crippen LogP contribution in [0.3, 0.4) is 0 Å². The first-order valence-corrected chi connectivity index (χ1v) is 7.59. The van der Waals surface area contributed by atoms with E-state index in [2.05, 4.69) is 22.5 Å². The normalized spacial score (nSPS) is 16.7. The number of rotatable bonds is 4. The Labute approximate surface area is 126 Å². The molecule has 0 radical (unpaired) electrons. The fraction of sp³-hybridized carbons (Fsp3) is 0.412. The molecule has 110 valence electrons. The third-order valence-corrected chi connectivity index (χ3v) is 4.15. The molecule has 3 rings (SSSR count). The minimum absolute atomic E-state index is 0.160. The Kier molecular flexibility index (Phi) is 3.78. The molecule has 4 heteroatoms. The Morgan fingerprint density at radius 1 is 1.00 bits per heavy atom. The molecule has 0 atom stereocenters. The first-order valence-electron chi connectivity index (χ1n) is 7.59. The van der Waals surface area contributed by atoms with E-state index in [1.54, 1.807) is 0 Å². The predicted molar refractivity (Wildman–Crippen MR) is 87.5 cm³/mol. The van der Waals surface area contributed by atoms with Gasteiger partial charge in [-0.25, -0.2) is 9.97 Å². The molecule has 4 nitrogen and oxygen atoms in total. The van der Waals surface area contributed by atoms with Gasteiger partial charge in [0.25, 0.3) is 0 Å². The van der Waals surface area contributed by atoms with Crippen LogP contribution in [0.25, 0.3) is 11.4 Å². The molecule has 2 N–H and O–H groups in total. The van der Waals surface area contributed by atoms with E-state index in [4.69, 9.17) is 4.98 Å². The molecule has 1 aromatic carbocycles. The van der Waals surface area contributed by atoms with Crippen LogP contribution in [0.15, 0.2) is 36.4 Å². The number of hydrogen-bond donors (Lipinski definition) is 2. The maximum Gasteiger partial charge on any atom is 0.163 e. The van der Waals surface area contributed by atoms with Gasteiger partial charge in [0.05, 0.1) is 0 Å². The number of nitrogens with zero attached hydrogens (tertiary/aromatic N) is 2. The molecule has 1 saturated carbocycles. The molecule has 1 aromatic heterocycles. The average Bonchev–Trinajstić information content (AvgIpc) is 2.94. The molecule has 0 amide bonds. The van der Waals surface area contributed by atoms with Crippen molar-refractivity contribution in [2.45, 2.75) is 38.1 Å². The van der Waals surface area contributed by atoms with Gasteiger partial charge < -0.3 is 10.6 Å². The first-order chi connectivity index (χ1) is 10.2. The smallest absolute Gasteiger partial charge is 0.163 e. The van der Waals surface area contributed by atoms with Gasteiger partial charge in [-0.1, -0.05) is 43.2 Å². The van der Waals surface area contributed by atoms with Crippen LogP contribution in [0.4, 0.5) is 11.6 Å². The summed E-state index contributed by atoms with van der Waals surface area (Å²) in [5.41, 5.74) is 1.20. The summed E-state index contributed by atoms with van der Waals surface area (Å²) in [6.45, 7) is 2.28. The Hall–Kier alpha value is -2.10. The molecular formula is C17H22N4. The average molecular weight is 282 g/mol. The zero-order valence-corrected chi connectivity index (χ0v) is 12.7. The minimum atomic E-state index is 0.160. The van der Waals surface area contributed by atoms with Gasteiger partial charge in [0.1, 0.15) is 11.6 Å². The topological polar surface area (TPSA) is 49.8 Å². The predicted octanol–water partition coefficient (Wildman–Crippen LogP) is 3.93. The molecule has 21 heavy (non-hydrogen) atoms. The van der Waals surface area contributed by atoms with Gasteiger partial charge in [-0.05, 0) is 19.8 Å². The van der Waals surface area contributed by atoms with Crippen molar-refractivity contribution in [3.63, 3.8) is 0 Å². The zero-order chi connectivity index (χ0) is 14.7. The Morgan fingerprint density at radius 2 is 1.67 bits per heavy atom. The quantitative estimate of drug-likeness (QED) is 0.892. The summed E-state index contributed by atoms with van der Waals surface area (Å²) in [7, 11) is 1.89. The third kappa shape index (κ3) is 3.15. The van der Waals surface area contributed by atoms with Crippen molar-refractivity contribution in [1.82, 2.24) is 9.97 Å². The third-order valence-electron chi connectivity index (χ3n) is 4.15. The maximum absolute atomic E-state index is 4.70. The maximum atomic E-state index is 4.70. The first kappa shape index (κ1) is 13.9. The van der Waals surface area contributed by atoms with E-state index in [0.717, 1.165) is 23.0 Å². The number of aromatic nitrogens is 2. The Bertz CT molecular complexity index is 603. The number of nitrogens with one attached hydrogen (secondary N) is 2. The summed E-state index contributed by atoms with van der Waals surface area (Å²) in [5.74, 6) is 2.50.